The zero-order chi connectivity index (χ0) is 13.5. The molecular weight excluding hydrogens is 240 g/mol. The van der Waals surface area contributed by atoms with Crippen LogP contribution in [0.2, 0.25) is 0 Å². The molecule has 0 radical (unpaired) electrons. The lowest BCUT2D eigenvalue weighted by molar-refractivity contribution is 0.573. The maximum absolute atomic E-state index is 5.31. The third-order valence-electron chi connectivity index (χ3n) is 3.16. The van der Waals surface area contributed by atoms with Gasteiger partial charge in [-0.05, 0) is 48.7 Å². The summed E-state index contributed by atoms with van der Waals surface area (Å²) in [7, 11) is 0. The fourth-order valence-electron chi connectivity index (χ4n) is 1.80. The van der Waals surface area contributed by atoms with E-state index in [2.05, 4.69) is 62.6 Å². The highest BCUT2D eigenvalue weighted by molar-refractivity contribution is 7.80. The average molecular weight is 264 g/mol. The molecule has 0 bridgehead atoms. The van der Waals surface area contributed by atoms with Crippen LogP contribution in [0, 0.1) is 0 Å². The molecule has 0 spiro atoms. The highest BCUT2D eigenvalue weighted by Crippen LogP contribution is 2.17. The number of hydrogen-bond donors (Lipinski definition) is 2. The van der Waals surface area contributed by atoms with Crippen LogP contribution in [0.25, 0.3) is 0 Å². The van der Waals surface area contributed by atoms with Gasteiger partial charge in [0.05, 0.1) is 0 Å². The van der Waals surface area contributed by atoms with Gasteiger partial charge in [-0.3, -0.25) is 0 Å². The summed E-state index contributed by atoms with van der Waals surface area (Å²) >= 11 is 5.31. The third-order valence-corrected chi connectivity index (χ3v) is 3.38. The van der Waals surface area contributed by atoms with Gasteiger partial charge in [0, 0.05) is 11.7 Å². The van der Waals surface area contributed by atoms with E-state index >= 15 is 0 Å². The van der Waals surface area contributed by atoms with E-state index in [0.717, 1.165) is 18.5 Å². The zero-order valence-electron chi connectivity index (χ0n) is 11.8. The van der Waals surface area contributed by atoms with Gasteiger partial charge in [0.1, 0.15) is 0 Å². The summed E-state index contributed by atoms with van der Waals surface area (Å²) < 4.78 is 0. The van der Waals surface area contributed by atoms with Gasteiger partial charge >= 0.3 is 0 Å². The van der Waals surface area contributed by atoms with Crippen molar-refractivity contribution in [3.63, 3.8) is 0 Å². The molecule has 0 aliphatic carbocycles. The van der Waals surface area contributed by atoms with Crippen LogP contribution in [0.5, 0.6) is 0 Å². The zero-order valence-corrected chi connectivity index (χ0v) is 12.6. The summed E-state index contributed by atoms with van der Waals surface area (Å²) in [6, 6.07) is 8.91. The lowest BCUT2D eigenvalue weighted by Gasteiger charge is -2.18. The van der Waals surface area contributed by atoms with E-state index in [1.807, 2.05) is 0 Å². The summed E-state index contributed by atoms with van der Waals surface area (Å²) in [4.78, 5) is 0. The molecule has 0 unspecified atom stereocenters. The molecule has 100 valence electrons. The van der Waals surface area contributed by atoms with E-state index < -0.39 is 0 Å². The van der Waals surface area contributed by atoms with Gasteiger partial charge in [-0.2, -0.15) is 0 Å². The Bertz CT molecular complexity index is 367. The molecule has 0 saturated heterocycles. The first-order chi connectivity index (χ1) is 8.56. The number of rotatable bonds is 5. The van der Waals surface area contributed by atoms with Crippen LogP contribution in [0.1, 0.15) is 52.0 Å². The molecule has 0 atom stereocenters. The second-order valence-electron chi connectivity index (χ2n) is 4.89. The van der Waals surface area contributed by atoms with Crippen molar-refractivity contribution in [1.29, 1.82) is 0 Å². The molecule has 3 heteroatoms. The van der Waals surface area contributed by atoms with Crippen LogP contribution < -0.4 is 10.6 Å². The smallest absolute Gasteiger partial charge is 0.170 e. The predicted octanol–water partition coefficient (Wildman–Crippen LogP) is 4.29. The number of hydrogen-bond acceptors (Lipinski definition) is 1. The maximum Gasteiger partial charge on any atom is 0.170 e. The average Bonchev–Trinajstić information content (AvgIpc) is 2.36. The normalized spacial score (nSPS) is 10.8. The Labute approximate surface area is 116 Å². The van der Waals surface area contributed by atoms with Crippen LogP contribution in [0.15, 0.2) is 24.3 Å². The Hall–Kier alpha value is -1.09. The van der Waals surface area contributed by atoms with Crippen LogP contribution in [0.4, 0.5) is 5.69 Å². The number of anilines is 1. The van der Waals surface area contributed by atoms with E-state index in [4.69, 9.17) is 12.2 Å². The minimum atomic E-state index is 0.458. The molecule has 18 heavy (non-hydrogen) atoms. The summed E-state index contributed by atoms with van der Waals surface area (Å²) in [5, 5.41) is 7.26. The molecular formula is C15H24N2S. The molecule has 0 heterocycles. The Kier molecular flexibility index (Phi) is 6.13. The van der Waals surface area contributed by atoms with Crippen LogP contribution in [-0.2, 0) is 0 Å². The minimum absolute atomic E-state index is 0.458. The largest absolute Gasteiger partial charge is 0.360 e. The number of thiocarbonyl (C=S) groups is 1. The molecule has 0 fully saturated rings. The second-order valence-corrected chi connectivity index (χ2v) is 5.30. The summed E-state index contributed by atoms with van der Waals surface area (Å²) in [6.45, 7) is 8.73. The second kappa shape index (κ2) is 7.37. The molecule has 0 aliphatic rings. The van der Waals surface area contributed by atoms with Crippen LogP contribution >= 0.6 is 12.2 Å². The van der Waals surface area contributed by atoms with E-state index in [1.54, 1.807) is 0 Å². The molecule has 0 saturated carbocycles. The van der Waals surface area contributed by atoms with Crippen molar-refractivity contribution in [3.05, 3.63) is 29.8 Å². The highest BCUT2D eigenvalue weighted by Gasteiger charge is 2.05. The van der Waals surface area contributed by atoms with E-state index in [9.17, 15) is 0 Å². The van der Waals surface area contributed by atoms with Gasteiger partial charge in [0.2, 0.25) is 0 Å². The summed E-state index contributed by atoms with van der Waals surface area (Å²) in [6.07, 6.45) is 2.18. The molecule has 0 aromatic heterocycles. The lowest BCUT2D eigenvalue weighted by atomic mass is 10.0. The topological polar surface area (TPSA) is 24.1 Å². The van der Waals surface area contributed by atoms with Crippen LogP contribution in [-0.4, -0.2) is 11.2 Å². The first-order valence-corrected chi connectivity index (χ1v) is 7.15. The van der Waals surface area contributed by atoms with Gasteiger partial charge in [0.15, 0.2) is 5.11 Å². The van der Waals surface area contributed by atoms with Crippen molar-refractivity contribution in [2.45, 2.75) is 52.5 Å². The molecule has 2 N–H and O–H groups in total. The first kappa shape index (κ1) is 15.0. The quantitative estimate of drug-likeness (QED) is 0.776. The van der Waals surface area contributed by atoms with Gasteiger partial charge < -0.3 is 10.6 Å². The fourth-order valence-corrected chi connectivity index (χ4v) is 2.08. The van der Waals surface area contributed by atoms with Crippen molar-refractivity contribution in [2.75, 3.05) is 5.32 Å². The van der Waals surface area contributed by atoms with E-state index in [1.165, 1.54) is 5.56 Å². The summed E-state index contributed by atoms with van der Waals surface area (Å²) in [5.74, 6) is 0.564. The maximum atomic E-state index is 5.31. The van der Waals surface area contributed by atoms with Crippen molar-refractivity contribution in [3.8, 4) is 0 Å². The van der Waals surface area contributed by atoms with E-state index in [0.29, 0.717) is 17.1 Å². The highest BCUT2D eigenvalue weighted by atomic mass is 32.1. The predicted molar refractivity (Wildman–Crippen MR) is 84.3 cm³/mol. The molecule has 1 rings (SSSR count). The lowest BCUT2D eigenvalue weighted by Crippen LogP contribution is -2.36. The Morgan fingerprint density at radius 2 is 1.67 bits per heavy atom. The van der Waals surface area contributed by atoms with E-state index in [-0.39, 0.29) is 0 Å². The van der Waals surface area contributed by atoms with Crippen molar-refractivity contribution >= 4 is 23.0 Å². The van der Waals surface area contributed by atoms with Crippen molar-refractivity contribution < 1.29 is 0 Å². The summed E-state index contributed by atoms with van der Waals surface area (Å²) in [5.41, 5.74) is 2.39. The van der Waals surface area contributed by atoms with Crippen molar-refractivity contribution in [1.82, 2.24) is 5.32 Å². The van der Waals surface area contributed by atoms with Gasteiger partial charge in [-0.25, -0.2) is 0 Å². The minimum Gasteiger partial charge on any atom is -0.360 e. The first-order valence-electron chi connectivity index (χ1n) is 6.74. The third kappa shape index (κ3) is 4.65. The SMILES string of the molecule is CCC(CC)NC(=S)Nc1ccc(C(C)C)cc1. The van der Waals surface area contributed by atoms with Gasteiger partial charge in [-0.15, -0.1) is 0 Å². The number of benzene rings is 1. The number of nitrogens with one attached hydrogen (secondary N) is 2. The molecule has 1 aromatic rings. The van der Waals surface area contributed by atoms with Gasteiger partial charge in [-0.1, -0.05) is 39.8 Å². The molecule has 1 aromatic carbocycles. The fraction of sp³-hybridized carbons (Fsp3) is 0.533. The Morgan fingerprint density at radius 3 is 2.11 bits per heavy atom. The molecule has 0 amide bonds. The standard InChI is InChI=1S/C15H24N2S/c1-5-13(6-2)16-15(18)17-14-9-7-12(8-10-14)11(3)4/h7-11,13H,5-6H2,1-4H3,(H2,16,17,18). The van der Waals surface area contributed by atoms with Gasteiger partial charge in [0.25, 0.3) is 0 Å². The Morgan fingerprint density at radius 1 is 1.11 bits per heavy atom. The molecule has 0 aliphatic heterocycles. The van der Waals surface area contributed by atoms with Crippen molar-refractivity contribution in [2.24, 2.45) is 0 Å². The monoisotopic (exact) mass is 264 g/mol. The molecule has 2 nitrogen and oxygen atoms in total. The van der Waals surface area contributed by atoms with Crippen LogP contribution in [0.3, 0.4) is 0 Å². The Balaban J connectivity index is 2.54.